The molecule has 19 heavy (non-hydrogen) atoms. The van der Waals surface area contributed by atoms with Gasteiger partial charge < -0.3 is 10.5 Å². The first kappa shape index (κ1) is 14.4. The lowest BCUT2D eigenvalue weighted by Gasteiger charge is -2.22. The third-order valence-electron chi connectivity index (χ3n) is 3.83. The quantitative estimate of drug-likeness (QED) is 0.633. The highest BCUT2D eigenvalue weighted by Crippen LogP contribution is 2.37. The van der Waals surface area contributed by atoms with Gasteiger partial charge >= 0.3 is 0 Å². The molecule has 0 atom stereocenters. The van der Waals surface area contributed by atoms with E-state index in [4.69, 9.17) is 5.41 Å². The van der Waals surface area contributed by atoms with E-state index in [1.54, 1.807) is 11.8 Å². The lowest BCUT2D eigenvalue weighted by Crippen LogP contribution is -2.11. The summed E-state index contributed by atoms with van der Waals surface area (Å²) in [6.07, 6.45) is 7.81. The Hall–Kier alpha value is -1.03. The standard InChI is InChI=1S/C15H22N2OS/c1-3-10(4-2)19-15-12-8-6-5-7-11(12)13(9-16)14(18)17-15/h9-10,16H,3-8H2,1-2H3,(H,17,18). The Balaban J connectivity index is 2.43. The highest BCUT2D eigenvalue weighted by Gasteiger charge is 2.22. The van der Waals surface area contributed by atoms with Crippen LogP contribution in [0.2, 0.25) is 0 Å². The van der Waals surface area contributed by atoms with Gasteiger partial charge in [-0.3, -0.25) is 0 Å². The Morgan fingerprint density at radius 3 is 2.47 bits per heavy atom. The van der Waals surface area contributed by atoms with E-state index in [2.05, 4.69) is 18.8 Å². The van der Waals surface area contributed by atoms with E-state index in [0.29, 0.717) is 10.8 Å². The molecule has 0 spiro atoms. The van der Waals surface area contributed by atoms with Crippen LogP contribution in [0.25, 0.3) is 0 Å². The van der Waals surface area contributed by atoms with E-state index >= 15 is 0 Å². The van der Waals surface area contributed by atoms with Crippen LogP contribution in [0.1, 0.15) is 56.2 Å². The van der Waals surface area contributed by atoms with Crippen molar-refractivity contribution in [3.05, 3.63) is 16.7 Å². The second kappa shape index (κ2) is 6.42. The highest BCUT2D eigenvalue weighted by molar-refractivity contribution is 7.99. The lowest BCUT2D eigenvalue weighted by atomic mass is 9.90. The average molecular weight is 278 g/mol. The van der Waals surface area contributed by atoms with Crippen LogP contribution in [-0.4, -0.2) is 21.6 Å². The molecule has 1 aliphatic rings. The Bertz CT molecular complexity index is 470. The number of aromatic hydroxyl groups is 1. The lowest BCUT2D eigenvalue weighted by molar-refractivity contribution is 0.443. The molecule has 3 nitrogen and oxygen atoms in total. The van der Waals surface area contributed by atoms with Gasteiger partial charge in [0.25, 0.3) is 0 Å². The molecule has 2 rings (SSSR count). The van der Waals surface area contributed by atoms with Crippen LogP contribution in [0.3, 0.4) is 0 Å². The minimum atomic E-state index is 0.0316. The molecule has 0 amide bonds. The maximum atomic E-state index is 10.0. The first-order valence-electron chi connectivity index (χ1n) is 7.13. The van der Waals surface area contributed by atoms with Gasteiger partial charge in [0, 0.05) is 11.5 Å². The van der Waals surface area contributed by atoms with Crippen molar-refractivity contribution in [3.63, 3.8) is 0 Å². The summed E-state index contributed by atoms with van der Waals surface area (Å²) in [7, 11) is 0. The van der Waals surface area contributed by atoms with Crippen LogP contribution in [0, 0.1) is 5.41 Å². The van der Waals surface area contributed by atoms with Crippen molar-refractivity contribution in [1.82, 2.24) is 4.98 Å². The largest absolute Gasteiger partial charge is 0.493 e. The fourth-order valence-corrected chi connectivity index (χ4v) is 3.82. The molecule has 0 aromatic carbocycles. The molecule has 1 aromatic rings. The van der Waals surface area contributed by atoms with Gasteiger partial charge in [-0.15, -0.1) is 11.8 Å². The minimum absolute atomic E-state index is 0.0316. The number of rotatable bonds is 5. The summed E-state index contributed by atoms with van der Waals surface area (Å²) in [5.74, 6) is 0.0316. The predicted octanol–water partition coefficient (Wildman–Crippen LogP) is 3.94. The molecule has 1 aromatic heterocycles. The molecule has 1 heterocycles. The van der Waals surface area contributed by atoms with Crippen LogP contribution >= 0.6 is 11.8 Å². The van der Waals surface area contributed by atoms with Crippen molar-refractivity contribution in [1.29, 1.82) is 5.41 Å². The first-order valence-corrected chi connectivity index (χ1v) is 8.01. The Labute approximate surface area is 119 Å². The van der Waals surface area contributed by atoms with Crippen molar-refractivity contribution in [2.24, 2.45) is 0 Å². The number of hydrogen-bond donors (Lipinski definition) is 2. The van der Waals surface area contributed by atoms with Gasteiger partial charge in [0.05, 0.1) is 5.56 Å². The fraction of sp³-hybridized carbons (Fsp3) is 0.600. The average Bonchev–Trinajstić information content (AvgIpc) is 2.44. The first-order chi connectivity index (χ1) is 9.21. The molecule has 0 unspecified atom stereocenters. The monoisotopic (exact) mass is 278 g/mol. The van der Waals surface area contributed by atoms with Crippen molar-refractivity contribution in [3.8, 4) is 5.88 Å². The number of hydrogen-bond acceptors (Lipinski definition) is 4. The summed E-state index contributed by atoms with van der Waals surface area (Å²) in [4.78, 5) is 4.36. The summed E-state index contributed by atoms with van der Waals surface area (Å²) in [6.45, 7) is 4.39. The topological polar surface area (TPSA) is 57.0 Å². The molecular weight excluding hydrogens is 256 g/mol. The number of nitrogens with zero attached hydrogens (tertiary/aromatic N) is 1. The minimum Gasteiger partial charge on any atom is -0.493 e. The second-order valence-electron chi connectivity index (χ2n) is 5.02. The molecule has 0 saturated heterocycles. The van der Waals surface area contributed by atoms with Crippen LogP contribution in [-0.2, 0) is 12.8 Å². The van der Waals surface area contributed by atoms with E-state index in [1.165, 1.54) is 18.2 Å². The van der Waals surface area contributed by atoms with Crippen LogP contribution in [0.4, 0.5) is 0 Å². The van der Waals surface area contributed by atoms with Crippen molar-refractivity contribution in [2.75, 3.05) is 0 Å². The molecule has 104 valence electrons. The zero-order chi connectivity index (χ0) is 13.8. The van der Waals surface area contributed by atoms with E-state index in [9.17, 15) is 5.11 Å². The smallest absolute Gasteiger partial charge is 0.221 e. The summed E-state index contributed by atoms with van der Waals surface area (Å²) in [5, 5.41) is 19.1. The Morgan fingerprint density at radius 1 is 1.26 bits per heavy atom. The number of fused-ring (bicyclic) bond motifs is 1. The zero-order valence-corrected chi connectivity index (χ0v) is 12.5. The van der Waals surface area contributed by atoms with Crippen LogP contribution in [0.5, 0.6) is 5.88 Å². The van der Waals surface area contributed by atoms with Crippen LogP contribution < -0.4 is 0 Å². The molecule has 1 aliphatic carbocycles. The highest BCUT2D eigenvalue weighted by atomic mass is 32.2. The summed E-state index contributed by atoms with van der Waals surface area (Å²) < 4.78 is 0. The SMILES string of the molecule is CCC(CC)Sc1nc(O)c(C=N)c2c1CCCC2. The fourth-order valence-electron chi connectivity index (χ4n) is 2.66. The third kappa shape index (κ3) is 2.94. The maximum absolute atomic E-state index is 10.0. The normalized spacial score (nSPS) is 14.5. The summed E-state index contributed by atoms with van der Waals surface area (Å²) >= 11 is 1.79. The molecule has 4 heteroatoms. The van der Waals surface area contributed by atoms with E-state index in [0.717, 1.165) is 42.7 Å². The van der Waals surface area contributed by atoms with Crippen molar-refractivity contribution < 1.29 is 5.11 Å². The molecule has 0 fully saturated rings. The summed E-state index contributed by atoms with van der Waals surface area (Å²) in [6, 6.07) is 0. The number of pyridine rings is 1. The van der Waals surface area contributed by atoms with E-state index in [1.807, 2.05) is 0 Å². The van der Waals surface area contributed by atoms with Gasteiger partial charge in [0.1, 0.15) is 5.03 Å². The van der Waals surface area contributed by atoms with E-state index in [-0.39, 0.29) is 5.88 Å². The van der Waals surface area contributed by atoms with E-state index < -0.39 is 0 Å². The molecular formula is C15H22N2OS. The number of nitrogens with one attached hydrogen (secondary N) is 1. The molecule has 0 aliphatic heterocycles. The maximum Gasteiger partial charge on any atom is 0.221 e. The van der Waals surface area contributed by atoms with Crippen molar-refractivity contribution in [2.45, 2.75) is 62.6 Å². The van der Waals surface area contributed by atoms with Gasteiger partial charge in [-0.25, -0.2) is 4.98 Å². The number of thioether (sulfide) groups is 1. The molecule has 0 radical (unpaired) electrons. The number of aromatic nitrogens is 1. The molecule has 0 bridgehead atoms. The van der Waals surface area contributed by atoms with Crippen molar-refractivity contribution >= 4 is 18.0 Å². The van der Waals surface area contributed by atoms with Crippen LogP contribution in [0.15, 0.2) is 5.03 Å². The molecule has 0 saturated carbocycles. The summed E-state index contributed by atoms with van der Waals surface area (Å²) in [5.41, 5.74) is 3.06. The van der Waals surface area contributed by atoms with Gasteiger partial charge in [-0.05, 0) is 49.7 Å². The zero-order valence-electron chi connectivity index (χ0n) is 11.7. The van der Waals surface area contributed by atoms with Gasteiger partial charge in [-0.2, -0.15) is 0 Å². The van der Waals surface area contributed by atoms with Gasteiger partial charge in [0.2, 0.25) is 5.88 Å². The Kier molecular flexibility index (Phi) is 4.86. The van der Waals surface area contributed by atoms with Gasteiger partial charge in [0.15, 0.2) is 0 Å². The molecule has 2 N–H and O–H groups in total. The third-order valence-corrected chi connectivity index (χ3v) is 5.39. The van der Waals surface area contributed by atoms with Gasteiger partial charge in [-0.1, -0.05) is 13.8 Å². The predicted molar refractivity (Wildman–Crippen MR) is 80.7 cm³/mol. The Morgan fingerprint density at radius 2 is 1.89 bits per heavy atom. The second-order valence-corrected chi connectivity index (χ2v) is 6.31.